The maximum Gasteiger partial charge on any atom is 0.338 e. The number of carbonyl (C=O) groups is 3. The highest BCUT2D eigenvalue weighted by Crippen LogP contribution is 2.38. The van der Waals surface area contributed by atoms with Crippen LogP contribution in [0, 0.1) is 0 Å². The first-order valence-electron chi connectivity index (χ1n) is 14.7. The molecule has 14 nitrogen and oxygen atoms in total. The number of hydrogen-bond donors (Lipinski definition) is 3. The monoisotopic (exact) mass is 680 g/mol. The van der Waals surface area contributed by atoms with E-state index in [1.54, 1.807) is 44.2 Å². The second kappa shape index (κ2) is 15.3. The number of rotatable bonds is 13. The number of halogens is 1. The molecule has 0 radical (unpaired) electrons. The summed E-state index contributed by atoms with van der Waals surface area (Å²) in [5.74, 6) is 1.46. The van der Waals surface area contributed by atoms with E-state index in [0.717, 1.165) is 5.56 Å². The van der Waals surface area contributed by atoms with Crippen molar-refractivity contribution in [2.75, 3.05) is 34.2 Å². The minimum Gasteiger partial charge on any atom is -0.493 e. The standard InChI is InChI=1S/C33H33ClN4O10/c1-5-44-32(40)29-18(2)36-33(41)37-30(29)21-7-9-23(25(13-21)42-3)45-16-28(39)38-35-14-20-10-22(34)31(27(12-20)43-4)46-15-19-6-8-24-26(11-19)48-17-47-24/h6-14,30H,5,15-17H2,1-4H3,(H,38,39)(H2,36,37,41)/b35-14-/t30-/m0/s1. The number of esters is 1. The summed E-state index contributed by atoms with van der Waals surface area (Å²) in [6.07, 6.45) is 1.40. The number of nitrogens with zero attached hydrogens (tertiary/aromatic N) is 1. The molecule has 15 heteroatoms. The molecule has 0 spiro atoms. The first-order valence-corrected chi connectivity index (χ1v) is 15.0. The van der Waals surface area contributed by atoms with Gasteiger partial charge in [0.15, 0.2) is 41.1 Å². The molecule has 0 aromatic heterocycles. The maximum absolute atomic E-state index is 12.6. The molecule has 2 heterocycles. The van der Waals surface area contributed by atoms with Crippen LogP contribution in [0.3, 0.4) is 0 Å². The lowest BCUT2D eigenvalue weighted by atomic mass is 9.95. The molecular formula is C33H33ClN4O10. The van der Waals surface area contributed by atoms with Crippen LogP contribution in [0.5, 0.6) is 34.5 Å². The molecule has 0 saturated heterocycles. The average Bonchev–Trinajstić information content (AvgIpc) is 3.54. The lowest BCUT2D eigenvalue weighted by molar-refractivity contribution is -0.139. The molecule has 0 saturated carbocycles. The van der Waals surface area contributed by atoms with Gasteiger partial charge < -0.3 is 43.8 Å². The summed E-state index contributed by atoms with van der Waals surface area (Å²) in [4.78, 5) is 37.3. The highest BCUT2D eigenvalue weighted by atomic mass is 35.5. The Balaban J connectivity index is 1.18. The van der Waals surface area contributed by atoms with E-state index in [-0.39, 0.29) is 48.7 Å². The van der Waals surface area contributed by atoms with E-state index < -0.39 is 23.9 Å². The summed E-state index contributed by atoms with van der Waals surface area (Å²) < 4.78 is 38.4. The molecule has 2 aliphatic heterocycles. The van der Waals surface area contributed by atoms with Crippen molar-refractivity contribution in [1.82, 2.24) is 16.1 Å². The van der Waals surface area contributed by atoms with Crippen LogP contribution in [-0.2, 0) is 20.9 Å². The number of carbonyl (C=O) groups excluding carboxylic acids is 3. The molecule has 3 aromatic carbocycles. The number of benzene rings is 3. The molecule has 3 aromatic rings. The van der Waals surface area contributed by atoms with E-state index in [2.05, 4.69) is 21.2 Å². The molecule has 3 N–H and O–H groups in total. The Bertz CT molecular complexity index is 1780. The Hall–Kier alpha value is -5.63. The van der Waals surface area contributed by atoms with Gasteiger partial charge in [-0.1, -0.05) is 23.7 Å². The topological polar surface area (TPSA) is 164 Å². The van der Waals surface area contributed by atoms with Crippen molar-refractivity contribution in [2.45, 2.75) is 26.5 Å². The summed E-state index contributed by atoms with van der Waals surface area (Å²) in [5.41, 5.74) is 4.97. The molecule has 2 aliphatic rings. The third-order valence-corrected chi connectivity index (χ3v) is 7.40. The number of ether oxygens (including phenoxy) is 7. The number of hydrazone groups is 1. The molecule has 0 unspecified atom stereocenters. The predicted molar refractivity (Wildman–Crippen MR) is 173 cm³/mol. The van der Waals surface area contributed by atoms with E-state index >= 15 is 0 Å². The summed E-state index contributed by atoms with van der Waals surface area (Å²) in [5, 5.41) is 9.59. The average molecular weight is 681 g/mol. The van der Waals surface area contributed by atoms with Gasteiger partial charge in [-0.25, -0.2) is 15.0 Å². The third kappa shape index (κ3) is 7.83. The number of hydrogen-bond acceptors (Lipinski definition) is 11. The molecule has 5 rings (SSSR count). The molecule has 0 fully saturated rings. The van der Waals surface area contributed by atoms with E-state index in [1.165, 1.54) is 20.4 Å². The van der Waals surface area contributed by atoms with Crippen LogP contribution >= 0.6 is 11.6 Å². The van der Waals surface area contributed by atoms with Crippen molar-refractivity contribution in [3.05, 3.63) is 81.5 Å². The minimum atomic E-state index is -0.791. The Morgan fingerprint density at radius 3 is 2.58 bits per heavy atom. The molecular weight excluding hydrogens is 648 g/mol. The molecule has 0 aliphatic carbocycles. The quantitative estimate of drug-likeness (QED) is 0.134. The summed E-state index contributed by atoms with van der Waals surface area (Å²) in [6.45, 7) is 3.49. The number of allylic oxidation sites excluding steroid dienone is 1. The van der Waals surface area contributed by atoms with Gasteiger partial charge in [-0.2, -0.15) is 5.10 Å². The second-order valence-electron chi connectivity index (χ2n) is 10.3. The summed E-state index contributed by atoms with van der Waals surface area (Å²) in [6, 6.07) is 12.4. The van der Waals surface area contributed by atoms with Crippen LogP contribution in [0.2, 0.25) is 5.02 Å². The molecule has 48 heavy (non-hydrogen) atoms. The first-order chi connectivity index (χ1) is 23.2. The third-order valence-electron chi connectivity index (χ3n) is 7.12. The van der Waals surface area contributed by atoms with Crippen molar-refractivity contribution < 1.29 is 47.5 Å². The van der Waals surface area contributed by atoms with E-state index in [9.17, 15) is 14.4 Å². The zero-order valence-corrected chi connectivity index (χ0v) is 27.3. The number of methoxy groups -OCH3 is 2. The summed E-state index contributed by atoms with van der Waals surface area (Å²) in [7, 11) is 2.91. The van der Waals surface area contributed by atoms with E-state index in [4.69, 9.17) is 44.8 Å². The Kier molecular flexibility index (Phi) is 10.8. The van der Waals surface area contributed by atoms with Gasteiger partial charge in [0.05, 0.1) is 43.7 Å². The van der Waals surface area contributed by atoms with Crippen LogP contribution < -0.4 is 44.5 Å². The van der Waals surface area contributed by atoms with Crippen molar-refractivity contribution in [3.8, 4) is 34.5 Å². The van der Waals surface area contributed by atoms with Crippen LogP contribution in [0.4, 0.5) is 4.79 Å². The van der Waals surface area contributed by atoms with Gasteiger partial charge in [0.25, 0.3) is 5.91 Å². The zero-order chi connectivity index (χ0) is 34.2. The van der Waals surface area contributed by atoms with E-state index in [1.807, 2.05) is 18.2 Å². The Morgan fingerprint density at radius 2 is 1.81 bits per heavy atom. The summed E-state index contributed by atoms with van der Waals surface area (Å²) >= 11 is 6.49. The first kappa shape index (κ1) is 33.7. The van der Waals surface area contributed by atoms with Gasteiger partial charge in [-0.05, 0) is 66.9 Å². The smallest absolute Gasteiger partial charge is 0.338 e. The highest BCUT2D eigenvalue weighted by molar-refractivity contribution is 6.32. The van der Waals surface area contributed by atoms with Gasteiger partial charge in [-0.3, -0.25) is 4.79 Å². The highest BCUT2D eigenvalue weighted by Gasteiger charge is 2.32. The van der Waals surface area contributed by atoms with Crippen molar-refractivity contribution in [2.24, 2.45) is 5.10 Å². The molecule has 0 bridgehead atoms. The number of fused-ring (bicyclic) bond motifs is 1. The maximum atomic E-state index is 12.6. The van der Waals surface area contributed by atoms with Crippen molar-refractivity contribution >= 4 is 35.7 Å². The number of nitrogens with one attached hydrogen (secondary N) is 3. The van der Waals surface area contributed by atoms with E-state index in [0.29, 0.717) is 39.8 Å². The van der Waals surface area contributed by atoms with Gasteiger partial charge in [-0.15, -0.1) is 0 Å². The van der Waals surface area contributed by atoms with Crippen LogP contribution in [0.15, 0.2) is 64.9 Å². The van der Waals surface area contributed by atoms with Gasteiger partial charge in [0.2, 0.25) is 6.79 Å². The Morgan fingerprint density at radius 1 is 1.02 bits per heavy atom. The number of urea groups is 1. The fraction of sp³-hybridized carbons (Fsp3) is 0.273. The largest absolute Gasteiger partial charge is 0.493 e. The number of amides is 3. The van der Waals surface area contributed by atoms with Crippen LogP contribution in [-0.4, -0.2) is 58.3 Å². The second-order valence-corrected chi connectivity index (χ2v) is 10.7. The normalized spacial score (nSPS) is 15.0. The molecule has 3 amide bonds. The predicted octanol–water partition coefficient (Wildman–Crippen LogP) is 4.39. The van der Waals surface area contributed by atoms with Crippen molar-refractivity contribution in [1.29, 1.82) is 0 Å². The lowest BCUT2D eigenvalue weighted by Crippen LogP contribution is -2.45. The fourth-order valence-electron chi connectivity index (χ4n) is 4.90. The van der Waals surface area contributed by atoms with Crippen LogP contribution in [0.1, 0.15) is 36.6 Å². The Labute approximate surface area is 280 Å². The van der Waals surface area contributed by atoms with Gasteiger partial charge >= 0.3 is 12.0 Å². The SMILES string of the molecule is CCOC(=O)C1=C(C)NC(=O)N[C@H]1c1ccc(OCC(=O)N/N=C\c2cc(Cl)c(OCc3ccc4c(c3)OCO4)c(OC)c2)c(OC)c1. The van der Waals surface area contributed by atoms with Gasteiger partial charge in [0, 0.05) is 5.70 Å². The minimum absolute atomic E-state index is 0.172. The van der Waals surface area contributed by atoms with Crippen molar-refractivity contribution in [3.63, 3.8) is 0 Å². The molecule has 1 atom stereocenters. The van der Waals surface area contributed by atoms with Crippen LogP contribution in [0.25, 0.3) is 0 Å². The fourth-order valence-corrected chi connectivity index (χ4v) is 5.17. The van der Waals surface area contributed by atoms with Gasteiger partial charge in [0.1, 0.15) is 6.61 Å². The molecule has 252 valence electrons. The zero-order valence-electron chi connectivity index (χ0n) is 26.5. The lowest BCUT2D eigenvalue weighted by Gasteiger charge is -2.28.